The standard InChI is InChI=1S/C25H28N6O2/c1-25(2,3)24(32)33-22-14-26-13-12-18(22)16-8-10-17(11-9-16)31-15-21(28-30-31)23-19-6-4-5-7-20(19)27-29-23/h4-11,15,18,22,26H,12-14H2,1-3H3,(H,27,29). The zero-order valence-electron chi connectivity index (χ0n) is 19.1. The predicted octanol–water partition coefficient (Wildman–Crippen LogP) is 3.85. The molecular formula is C25H28N6O2. The van der Waals surface area contributed by atoms with E-state index in [1.54, 1.807) is 4.68 Å². The number of H-pyrrole nitrogens is 1. The van der Waals surface area contributed by atoms with Crippen LogP contribution in [0.3, 0.4) is 0 Å². The van der Waals surface area contributed by atoms with Crippen LogP contribution in [0.1, 0.15) is 38.7 Å². The van der Waals surface area contributed by atoms with Crippen molar-refractivity contribution >= 4 is 16.9 Å². The molecule has 0 bridgehead atoms. The third-order valence-electron chi connectivity index (χ3n) is 6.09. The van der Waals surface area contributed by atoms with E-state index in [9.17, 15) is 4.79 Å². The van der Waals surface area contributed by atoms with Gasteiger partial charge in [0.25, 0.3) is 0 Å². The SMILES string of the molecule is CC(C)(C)C(=O)OC1CNCCC1c1ccc(-n2cc(-c3n[nH]c4ccccc34)nn2)cc1. The number of benzene rings is 2. The third kappa shape index (κ3) is 4.26. The molecule has 1 saturated heterocycles. The summed E-state index contributed by atoms with van der Waals surface area (Å²) in [6.07, 6.45) is 2.62. The van der Waals surface area contributed by atoms with Crippen LogP contribution in [0.15, 0.2) is 54.7 Å². The lowest BCUT2D eigenvalue weighted by Gasteiger charge is -2.34. The highest BCUT2D eigenvalue weighted by molar-refractivity contribution is 5.91. The van der Waals surface area contributed by atoms with Gasteiger partial charge in [-0.05, 0) is 57.5 Å². The first-order chi connectivity index (χ1) is 15.9. The number of aromatic nitrogens is 5. The molecule has 2 aromatic carbocycles. The highest BCUT2D eigenvalue weighted by Gasteiger charge is 2.33. The summed E-state index contributed by atoms with van der Waals surface area (Å²) in [5, 5.41) is 20.4. The maximum absolute atomic E-state index is 12.5. The van der Waals surface area contributed by atoms with Crippen LogP contribution in [-0.4, -0.2) is 50.4 Å². The number of hydrogen-bond donors (Lipinski definition) is 2. The summed E-state index contributed by atoms with van der Waals surface area (Å²) in [6.45, 7) is 7.22. The number of carbonyl (C=O) groups is 1. The molecule has 1 aliphatic rings. The average molecular weight is 445 g/mol. The van der Waals surface area contributed by atoms with Crippen LogP contribution in [0, 0.1) is 5.41 Å². The molecule has 33 heavy (non-hydrogen) atoms. The molecular weight excluding hydrogens is 416 g/mol. The van der Waals surface area contributed by atoms with Gasteiger partial charge in [0.1, 0.15) is 17.5 Å². The van der Waals surface area contributed by atoms with Crippen LogP contribution in [-0.2, 0) is 9.53 Å². The Hall–Kier alpha value is -3.52. The molecule has 0 radical (unpaired) electrons. The van der Waals surface area contributed by atoms with Gasteiger partial charge >= 0.3 is 5.97 Å². The Labute approximate surface area is 192 Å². The molecule has 8 heteroatoms. The number of piperidine rings is 1. The zero-order chi connectivity index (χ0) is 23.0. The van der Waals surface area contributed by atoms with Gasteiger partial charge in [-0.1, -0.05) is 35.5 Å². The normalized spacial score (nSPS) is 19.0. The van der Waals surface area contributed by atoms with Gasteiger partial charge in [-0.15, -0.1) is 5.10 Å². The number of para-hydroxylation sites is 1. The van der Waals surface area contributed by atoms with Crippen LogP contribution < -0.4 is 5.32 Å². The lowest BCUT2D eigenvalue weighted by molar-refractivity contribution is -0.160. The first kappa shape index (κ1) is 21.3. The van der Waals surface area contributed by atoms with Crippen molar-refractivity contribution in [2.75, 3.05) is 13.1 Å². The van der Waals surface area contributed by atoms with Gasteiger partial charge in [0.05, 0.1) is 22.8 Å². The third-order valence-corrected chi connectivity index (χ3v) is 6.09. The fraction of sp³-hybridized carbons (Fsp3) is 0.360. The van der Waals surface area contributed by atoms with Gasteiger partial charge < -0.3 is 10.1 Å². The number of nitrogens with zero attached hydrogens (tertiary/aromatic N) is 4. The summed E-state index contributed by atoms with van der Waals surface area (Å²) < 4.78 is 7.63. The van der Waals surface area contributed by atoms with E-state index in [4.69, 9.17) is 4.74 Å². The molecule has 2 atom stereocenters. The number of fused-ring (bicyclic) bond motifs is 1. The fourth-order valence-electron chi connectivity index (χ4n) is 4.18. The summed E-state index contributed by atoms with van der Waals surface area (Å²) in [5.74, 6) is -0.00724. The number of ether oxygens (including phenoxy) is 1. The van der Waals surface area contributed by atoms with E-state index in [-0.39, 0.29) is 18.0 Å². The number of nitrogens with one attached hydrogen (secondary N) is 2. The van der Waals surface area contributed by atoms with Crippen molar-refractivity contribution in [2.45, 2.75) is 39.2 Å². The Kier molecular flexibility index (Phi) is 5.46. The minimum atomic E-state index is -0.518. The van der Waals surface area contributed by atoms with Crippen molar-refractivity contribution in [3.05, 3.63) is 60.3 Å². The molecule has 3 heterocycles. The van der Waals surface area contributed by atoms with Gasteiger partial charge in [-0.25, -0.2) is 4.68 Å². The highest BCUT2D eigenvalue weighted by atomic mass is 16.5. The van der Waals surface area contributed by atoms with Gasteiger partial charge in [0, 0.05) is 17.8 Å². The topological polar surface area (TPSA) is 97.7 Å². The number of aromatic amines is 1. The molecule has 4 aromatic rings. The van der Waals surface area contributed by atoms with Crippen LogP contribution in [0.2, 0.25) is 0 Å². The molecule has 0 aliphatic carbocycles. The lowest BCUT2D eigenvalue weighted by atomic mass is 9.87. The minimum absolute atomic E-state index is 0.160. The molecule has 2 unspecified atom stereocenters. The van der Waals surface area contributed by atoms with E-state index in [1.165, 1.54) is 0 Å². The minimum Gasteiger partial charge on any atom is -0.460 e. The van der Waals surface area contributed by atoms with Crippen LogP contribution >= 0.6 is 0 Å². The molecule has 5 rings (SSSR count). The van der Waals surface area contributed by atoms with Crippen LogP contribution in [0.25, 0.3) is 28.0 Å². The highest BCUT2D eigenvalue weighted by Crippen LogP contribution is 2.31. The Balaban J connectivity index is 1.36. The van der Waals surface area contributed by atoms with Gasteiger partial charge in [0.2, 0.25) is 0 Å². The lowest BCUT2D eigenvalue weighted by Crippen LogP contribution is -2.43. The fourth-order valence-corrected chi connectivity index (χ4v) is 4.18. The van der Waals surface area contributed by atoms with Crippen molar-refractivity contribution in [2.24, 2.45) is 5.41 Å². The van der Waals surface area contributed by atoms with Crippen molar-refractivity contribution in [1.29, 1.82) is 0 Å². The number of hydrogen-bond acceptors (Lipinski definition) is 6. The van der Waals surface area contributed by atoms with Crippen molar-refractivity contribution in [1.82, 2.24) is 30.5 Å². The summed E-state index contributed by atoms with van der Waals surface area (Å²) in [5.41, 5.74) is 4.02. The smallest absolute Gasteiger partial charge is 0.311 e. The van der Waals surface area contributed by atoms with Crippen LogP contribution in [0.4, 0.5) is 0 Å². The molecule has 8 nitrogen and oxygen atoms in total. The van der Waals surface area contributed by atoms with Gasteiger partial charge in [-0.3, -0.25) is 9.89 Å². The van der Waals surface area contributed by atoms with Crippen molar-refractivity contribution in [3.63, 3.8) is 0 Å². The Morgan fingerprint density at radius 2 is 1.91 bits per heavy atom. The number of rotatable bonds is 4. The zero-order valence-corrected chi connectivity index (χ0v) is 19.1. The second-order valence-electron chi connectivity index (χ2n) is 9.55. The number of carbonyl (C=O) groups excluding carboxylic acids is 1. The second-order valence-corrected chi connectivity index (χ2v) is 9.55. The largest absolute Gasteiger partial charge is 0.460 e. The molecule has 2 N–H and O–H groups in total. The summed E-state index contributed by atoms with van der Waals surface area (Å²) >= 11 is 0. The van der Waals surface area contributed by atoms with Gasteiger partial charge in [0.15, 0.2) is 0 Å². The maximum Gasteiger partial charge on any atom is 0.311 e. The van der Waals surface area contributed by atoms with E-state index < -0.39 is 5.41 Å². The van der Waals surface area contributed by atoms with E-state index in [0.29, 0.717) is 12.2 Å². The predicted molar refractivity (Wildman–Crippen MR) is 126 cm³/mol. The summed E-state index contributed by atoms with van der Waals surface area (Å²) in [7, 11) is 0. The first-order valence-electron chi connectivity index (χ1n) is 11.3. The quantitative estimate of drug-likeness (QED) is 0.464. The molecule has 1 aliphatic heterocycles. The molecule has 0 spiro atoms. The monoisotopic (exact) mass is 444 g/mol. The van der Waals surface area contributed by atoms with E-state index in [0.717, 1.165) is 40.8 Å². The summed E-state index contributed by atoms with van der Waals surface area (Å²) in [4.78, 5) is 12.5. The second kappa shape index (κ2) is 8.44. The Bertz CT molecular complexity index is 1270. The van der Waals surface area contributed by atoms with E-state index in [2.05, 4.69) is 38.0 Å². The van der Waals surface area contributed by atoms with Gasteiger partial charge in [-0.2, -0.15) is 5.10 Å². The van der Waals surface area contributed by atoms with Crippen LogP contribution in [0.5, 0.6) is 0 Å². The number of esters is 1. The molecule has 0 amide bonds. The molecule has 170 valence electrons. The van der Waals surface area contributed by atoms with E-state index >= 15 is 0 Å². The Morgan fingerprint density at radius 3 is 2.70 bits per heavy atom. The van der Waals surface area contributed by atoms with Crippen molar-refractivity contribution < 1.29 is 9.53 Å². The Morgan fingerprint density at radius 1 is 1.12 bits per heavy atom. The maximum atomic E-state index is 12.5. The van der Waals surface area contributed by atoms with Crippen molar-refractivity contribution in [3.8, 4) is 17.1 Å². The first-order valence-corrected chi connectivity index (χ1v) is 11.3. The molecule has 0 saturated carbocycles. The average Bonchev–Trinajstić information content (AvgIpc) is 3.46. The summed E-state index contributed by atoms with van der Waals surface area (Å²) in [6, 6.07) is 16.2. The van der Waals surface area contributed by atoms with E-state index in [1.807, 2.05) is 63.4 Å². The molecule has 1 fully saturated rings. The molecule has 2 aromatic heterocycles.